The SMILES string of the molecule is Nc1cccc(-c2nc(Cc3ccc(Cl)c(Cl)c3)no2)c1. The summed E-state index contributed by atoms with van der Waals surface area (Å²) in [6.07, 6.45) is 0.517. The van der Waals surface area contributed by atoms with Crippen molar-refractivity contribution in [2.24, 2.45) is 0 Å². The van der Waals surface area contributed by atoms with E-state index in [4.69, 9.17) is 33.5 Å². The van der Waals surface area contributed by atoms with Crippen LogP contribution in [0.4, 0.5) is 5.69 Å². The van der Waals surface area contributed by atoms with Crippen LogP contribution in [-0.4, -0.2) is 10.1 Å². The lowest BCUT2D eigenvalue weighted by atomic mass is 10.1. The summed E-state index contributed by atoms with van der Waals surface area (Å²) in [7, 11) is 0. The van der Waals surface area contributed by atoms with E-state index >= 15 is 0 Å². The predicted molar refractivity (Wildman–Crippen MR) is 83.4 cm³/mol. The van der Waals surface area contributed by atoms with Gasteiger partial charge in [-0.2, -0.15) is 4.98 Å². The Balaban J connectivity index is 1.83. The number of nitrogen functional groups attached to an aromatic ring is 1. The zero-order chi connectivity index (χ0) is 14.8. The van der Waals surface area contributed by atoms with Crippen molar-refractivity contribution < 1.29 is 4.52 Å². The summed E-state index contributed by atoms with van der Waals surface area (Å²) >= 11 is 11.9. The minimum Gasteiger partial charge on any atom is -0.399 e. The summed E-state index contributed by atoms with van der Waals surface area (Å²) in [4.78, 5) is 4.36. The van der Waals surface area contributed by atoms with Gasteiger partial charge >= 0.3 is 0 Å². The van der Waals surface area contributed by atoms with Crippen LogP contribution in [0.1, 0.15) is 11.4 Å². The van der Waals surface area contributed by atoms with E-state index in [9.17, 15) is 0 Å². The van der Waals surface area contributed by atoms with Gasteiger partial charge in [0.25, 0.3) is 5.89 Å². The molecule has 3 rings (SSSR count). The number of hydrogen-bond acceptors (Lipinski definition) is 4. The molecule has 0 aliphatic rings. The number of nitrogens with two attached hydrogens (primary N) is 1. The molecule has 3 aromatic rings. The molecule has 0 saturated carbocycles. The van der Waals surface area contributed by atoms with E-state index in [0.717, 1.165) is 11.1 Å². The molecule has 0 amide bonds. The van der Waals surface area contributed by atoms with Crippen molar-refractivity contribution >= 4 is 28.9 Å². The minimum absolute atomic E-state index is 0.442. The highest BCUT2D eigenvalue weighted by atomic mass is 35.5. The summed E-state index contributed by atoms with van der Waals surface area (Å²) in [5, 5.41) is 5.00. The smallest absolute Gasteiger partial charge is 0.258 e. The van der Waals surface area contributed by atoms with E-state index in [1.165, 1.54) is 0 Å². The summed E-state index contributed by atoms with van der Waals surface area (Å²) < 4.78 is 5.26. The summed E-state index contributed by atoms with van der Waals surface area (Å²) in [6.45, 7) is 0. The fourth-order valence-corrected chi connectivity index (χ4v) is 2.27. The molecule has 2 aromatic carbocycles. The summed E-state index contributed by atoms with van der Waals surface area (Å²) in [5.74, 6) is 1.02. The zero-order valence-electron chi connectivity index (χ0n) is 10.9. The Labute approximate surface area is 131 Å². The third kappa shape index (κ3) is 3.17. The zero-order valence-corrected chi connectivity index (χ0v) is 12.4. The van der Waals surface area contributed by atoms with Gasteiger partial charge in [-0.25, -0.2) is 0 Å². The lowest BCUT2D eigenvalue weighted by Gasteiger charge is -1.99. The maximum absolute atomic E-state index is 5.99. The van der Waals surface area contributed by atoms with Gasteiger partial charge in [0.05, 0.1) is 10.0 Å². The standard InChI is InChI=1S/C15H11Cl2N3O/c16-12-5-4-9(6-13(12)17)7-14-19-15(21-20-14)10-2-1-3-11(18)8-10/h1-6,8H,7,18H2. The fraction of sp³-hybridized carbons (Fsp3) is 0.0667. The maximum Gasteiger partial charge on any atom is 0.258 e. The fourth-order valence-electron chi connectivity index (χ4n) is 1.95. The highest BCUT2D eigenvalue weighted by Crippen LogP contribution is 2.24. The Hall–Kier alpha value is -2.04. The van der Waals surface area contributed by atoms with Crippen LogP contribution >= 0.6 is 23.2 Å². The van der Waals surface area contributed by atoms with Gasteiger partial charge in [-0.05, 0) is 35.9 Å². The molecule has 106 valence electrons. The quantitative estimate of drug-likeness (QED) is 0.734. The van der Waals surface area contributed by atoms with Gasteiger partial charge in [0.1, 0.15) is 0 Å². The van der Waals surface area contributed by atoms with Gasteiger partial charge in [0.15, 0.2) is 5.82 Å². The second kappa shape index (κ2) is 5.76. The molecule has 0 saturated heterocycles. The van der Waals surface area contributed by atoms with Crippen LogP contribution in [0, 0.1) is 0 Å². The topological polar surface area (TPSA) is 64.9 Å². The Kier molecular flexibility index (Phi) is 3.82. The molecule has 0 unspecified atom stereocenters. The number of nitrogens with zero attached hydrogens (tertiary/aromatic N) is 2. The highest BCUT2D eigenvalue weighted by Gasteiger charge is 2.10. The number of anilines is 1. The molecular formula is C15H11Cl2N3O. The molecule has 1 heterocycles. The second-order valence-corrected chi connectivity index (χ2v) is 5.38. The van der Waals surface area contributed by atoms with Crippen LogP contribution < -0.4 is 5.73 Å². The molecule has 1 aromatic heterocycles. The molecule has 0 aliphatic heterocycles. The molecule has 4 nitrogen and oxygen atoms in total. The maximum atomic E-state index is 5.99. The first-order valence-corrected chi connectivity index (χ1v) is 7.00. The van der Waals surface area contributed by atoms with E-state index in [2.05, 4.69) is 10.1 Å². The minimum atomic E-state index is 0.442. The second-order valence-electron chi connectivity index (χ2n) is 4.57. The van der Waals surface area contributed by atoms with Crippen LogP contribution in [0.5, 0.6) is 0 Å². The molecule has 0 bridgehead atoms. The van der Waals surface area contributed by atoms with E-state index in [0.29, 0.717) is 33.9 Å². The Morgan fingerprint density at radius 1 is 1.05 bits per heavy atom. The molecular weight excluding hydrogens is 309 g/mol. The number of aromatic nitrogens is 2. The van der Waals surface area contributed by atoms with Gasteiger partial charge in [0, 0.05) is 17.7 Å². The van der Waals surface area contributed by atoms with Crippen LogP contribution in [-0.2, 0) is 6.42 Å². The lowest BCUT2D eigenvalue weighted by Crippen LogP contribution is -1.91. The van der Waals surface area contributed by atoms with E-state index in [-0.39, 0.29) is 0 Å². The van der Waals surface area contributed by atoms with E-state index < -0.39 is 0 Å². The molecule has 0 spiro atoms. The van der Waals surface area contributed by atoms with Gasteiger partial charge in [0.2, 0.25) is 0 Å². The first-order chi connectivity index (χ1) is 10.1. The number of hydrogen-bond donors (Lipinski definition) is 1. The van der Waals surface area contributed by atoms with E-state index in [1.54, 1.807) is 24.3 Å². The van der Waals surface area contributed by atoms with Crippen molar-refractivity contribution in [1.29, 1.82) is 0 Å². The van der Waals surface area contributed by atoms with Crippen molar-refractivity contribution in [1.82, 2.24) is 10.1 Å². The molecule has 0 aliphatic carbocycles. The number of benzene rings is 2. The predicted octanol–water partition coefficient (Wildman–Crippen LogP) is 4.22. The number of halogens is 2. The van der Waals surface area contributed by atoms with Crippen molar-refractivity contribution in [2.75, 3.05) is 5.73 Å². The molecule has 2 N–H and O–H groups in total. The largest absolute Gasteiger partial charge is 0.399 e. The lowest BCUT2D eigenvalue weighted by molar-refractivity contribution is 0.424. The van der Waals surface area contributed by atoms with Crippen LogP contribution in [0.25, 0.3) is 11.5 Å². The average Bonchev–Trinajstić information content (AvgIpc) is 2.91. The third-order valence-electron chi connectivity index (χ3n) is 2.95. The molecule has 0 fully saturated rings. The molecule has 6 heteroatoms. The van der Waals surface area contributed by atoms with Gasteiger partial charge < -0.3 is 10.3 Å². The number of rotatable bonds is 3. The van der Waals surface area contributed by atoms with Gasteiger partial charge in [-0.3, -0.25) is 0 Å². The van der Waals surface area contributed by atoms with Crippen molar-refractivity contribution in [3.05, 3.63) is 63.9 Å². The highest BCUT2D eigenvalue weighted by molar-refractivity contribution is 6.42. The average molecular weight is 320 g/mol. The van der Waals surface area contributed by atoms with Crippen molar-refractivity contribution in [3.8, 4) is 11.5 Å². The monoisotopic (exact) mass is 319 g/mol. The molecule has 0 radical (unpaired) electrons. The molecule has 21 heavy (non-hydrogen) atoms. The first kappa shape index (κ1) is 13.9. The van der Waals surface area contributed by atoms with Crippen LogP contribution in [0.15, 0.2) is 47.0 Å². The summed E-state index contributed by atoms with van der Waals surface area (Å²) in [6, 6.07) is 12.7. The van der Waals surface area contributed by atoms with Crippen molar-refractivity contribution in [3.63, 3.8) is 0 Å². The molecule has 0 atom stereocenters. The Bertz CT molecular complexity index is 786. The van der Waals surface area contributed by atoms with Crippen LogP contribution in [0.2, 0.25) is 10.0 Å². The van der Waals surface area contributed by atoms with Gasteiger partial charge in [-0.15, -0.1) is 0 Å². The Morgan fingerprint density at radius 3 is 2.67 bits per heavy atom. The Morgan fingerprint density at radius 2 is 1.90 bits per heavy atom. The van der Waals surface area contributed by atoms with Crippen molar-refractivity contribution in [2.45, 2.75) is 6.42 Å². The third-order valence-corrected chi connectivity index (χ3v) is 3.69. The summed E-state index contributed by atoms with van der Waals surface area (Å²) in [5.41, 5.74) is 8.15. The van der Waals surface area contributed by atoms with Crippen LogP contribution in [0.3, 0.4) is 0 Å². The van der Waals surface area contributed by atoms with E-state index in [1.807, 2.05) is 18.2 Å². The van der Waals surface area contributed by atoms with Gasteiger partial charge in [-0.1, -0.05) is 40.5 Å². The normalized spacial score (nSPS) is 10.8. The first-order valence-electron chi connectivity index (χ1n) is 6.24.